The molecular formula is C33H25N11O3. The second-order valence-corrected chi connectivity index (χ2v) is 10.3. The number of carbonyl (C=O) groups excluding carboxylic acids is 1. The van der Waals surface area contributed by atoms with Crippen molar-refractivity contribution in [2.45, 2.75) is 6.17 Å². The van der Waals surface area contributed by atoms with Gasteiger partial charge in [0.15, 0.2) is 17.2 Å². The SMILES string of the molecule is NC(=O)C1=NC(c2cccnc2)Nc2c1[nH]c(=O)n2-c1ccccc1.O=c1[nH]c2cnc(-c3cccnc3)nc2n1-c1ccccc1. The van der Waals surface area contributed by atoms with E-state index in [1.165, 1.54) is 9.13 Å². The van der Waals surface area contributed by atoms with Gasteiger partial charge >= 0.3 is 11.4 Å². The van der Waals surface area contributed by atoms with E-state index in [1.54, 1.807) is 49.2 Å². The monoisotopic (exact) mass is 623 g/mol. The lowest BCUT2D eigenvalue weighted by Gasteiger charge is -2.23. The zero-order valence-electron chi connectivity index (χ0n) is 24.5. The van der Waals surface area contributed by atoms with Gasteiger partial charge in [0.05, 0.1) is 17.6 Å². The molecule has 1 atom stereocenters. The van der Waals surface area contributed by atoms with Crippen molar-refractivity contribution in [3.05, 3.63) is 148 Å². The summed E-state index contributed by atoms with van der Waals surface area (Å²) >= 11 is 0. The first-order valence-electron chi connectivity index (χ1n) is 14.4. The molecule has 0 saturated carbocycles. The number of anilines is 1. The van der Waals surface area contributed by atoms with Gasteiger partial charge in [-0.3, -0.25) is 14.8 Å². The van der Waals surface area contributed by atoms with E-state index in [4.69, 9.17) is 5.73 Å². The number of hydrogen-bond donors (Lipinski definition) is 4. The Kier molecular flexibility index (Phi) is 7.47. The number of amides is 1. The molecule has 2 aromatic carbocycles. The van der Waals surface area contributed by atoms with Gasteiger partial charge in [0.25, 0.3) is 5.91 Å². The quantitative estimate of drug-likeness (QED) is 0.224. The molecule has 1 unspecified atom stereocenters. The molecule has 14 nitrogen and oxygen atoms in total. The van der Waals surface area contributed by atoms with Crippen LogP contribution in [0.5, 0.6) is 0 Å². The van der Waals surface area contributed by atoms with Gasteiger partial charge in [-0.25, -0.2) is 33.7 Å². The molecule has 47 heavy (non-hydrogen) atoms. The molecule has 6 heterocycles. The van der Waals surface area contributed by atoms with Crippen LogP contribution in [0.1, 0.15) is 17.4 Å². The number of nitrogens with one attached hydrogen (secondary N) is 3. The summed E-state index contributed by atoms with van der Waals surface area (Å²) in [5.41, 5.74) is 9.27. The Hall–Kier alpha value is -6.96. The molecule has 8 rings (SSSR count). The summed E-state index contributed by atoms with van der Waals surface area (Å²) in [6.45, 7) is 0. The zero-order valence-corrected chi connectivity index (χ0v) is 24.5. The number of hydrogen-bond acceptors (Lipinski definition) is 9. The number of para-hydroxylation sites is 2. The number of fused-ring (bicyclic) bond motifs is 2. The number of H-pyrrole nitrogens is 2. The number of primary amides is 1. The summed E-state index contributed by atoms with van der Waals surface area (Å²) in [5, 5.41) is 3.18. The smallest absolute Gasteiger partial charge is 0.332 e. The Bertz CT molecular complexity index is 2350. The Labute approximate surface area is 265 Å². The number of aromatic nitrogens is 8. The minimum atomic E-state index is -0.710. The highest BCUT2D eigenvalue weighted by atomic mass is 16.2. The molecule has 5 aromatic heterocycles. The number of nitrogens with zero attached hydrogens (tertiary/aromatic N) is 7. The summed E-state index contributed by atoms with van der Waals surface area (Å²) < 4.78 is 2.99. The van der Waals surface area contributed by atoms with E-state index in [1.807, 2.05) is 66.7 Å². The lowest BCUT2D eigenvalue weighted by molar-refractivity contribution is -0.112. The lowest BCUT2D eigenvalue weighted by atomic mass is 10.1. The Morgan fingerprint density at radius 2 is 1.40 bits per heavy atom. The highest BCUT2D eigenvalue weighted by Crippen LogP contribution is 2.29. The van der Waals surface area contributed by atoms with Crippen LogP contribution in [0.25, 0.3) is 33.9 Å². The fourth-order valence-corrected chi connectivity index (χ4v) is 5.15. The summed E-state index contributed by atoms with van der Waals surface area (Å²) in [4.78, 5) is 63.3. The van der Waals surface area contributed by atoms with E-state index in [2.05, 4.69) is 40.2 Å². The standard InChI is InChI=1S/C17H14N6O2.C16H11N5O/c18-14(24)12-13-16(22-15(20-12)10-5-4-8-19-9-10)23(17(25)21-13)11-6-2-1-3-7-11;22-16-19-13-10-18-14(11-5-4-8-17-9-11)20-15(13)21(16)12-6-2-1-3-7-12/h1-9,15,22H,(H2,18,24)(H,21,25);1-10H,(H,19,22). The third kappa shape index (κ3) is 5.57. The number of nitrogens with two attached hydrogens (primary N) is 1. The zero-order chi connectivity index (χ0) is 32.3. The van der Waals surface area contributed by atoms with Crippen LogP contribution in [0.3, 0.4) is 0 Å². The van der Waals surface area contributed by atoms with Crippen LogP contribution in [0.2, 0.25) is 0 Å². The summed E-state index contributed by atoms with van der Waals surface area (Å²) in [5.74, 6) is 0.260. The summed E-state index contributed by atoms with van der Waals surface area (Å²) in [6.07, 6.45) is 7.71. The van der Waals surface area contributed by atoms with Crippen LogP contribution in [-0.2, 0) is 4.79 Å². The number of aromatic amines is 2. The number of aliphatic imine (C=N–C) groups is 1. The van der Waals surface area contributed by atoms with Crippen LogP contribution in [0.15, 0.2) is 130 Å². The molecule has 0 bridgehead atoms. The molecule has 14 heteroatoms. The van der Waals surface area contributed by atoms with E-state index in [0.29, 0.717) is 28.5 Å². The largest absolute Gasteiger partial charge is 0.364 e. The van der Waals surface area contributed by atoms with E-state index >= 15 is 0 Å². The first-order chi connectivity index (χ1) is 23.0. The van der Waals surface area contributed by atoms with Crippen LogP contribution < -0.4 is 22.4 Å². The molecule has 0 saturated heterocycles. The minimum absolute atomic E-state index is 0.0226. The van der Waals surface area contributed by atoms with Crippen molar-refractivity contribution in [1.29, 1.82) is 0 Å². The molecule has 7 aromatic rings. The summed E-state index contributed by atoms with van der Waals surface area (Å²) in [6, 6.07) is 25.8. The average molecular weight is 624 g/mol. The van der Waals surface area contributed by atoms with Crippen molar-refractivity contribution in [2.24, 2.45) is 10.7 Å². The number of pyridine rings is 2. The van der Waals surface area contributed by atoms with Gasteiger partial charge in [0, 0.05) is 35.9 Å². The van der Waals surface area contributed by atoms with Crippen molar-refractivity contribution in [2.75, 3.05) is 5.32 Å². The molecule has 1 aliphatic heterocycles. The van der Waals surface area contributed by atoms with E-state index in [9.17, 15) is 14.4 Å². The molecule has 1 amide bonds. The third-order valence-corrected chi connectivity index (χ3v) is 7.27. The topological polar surface area (TPSA) is 195 Å². The highest BCUT2D eigenvalue weighted by molar-refractivity contribution is 6.45. The average Bonchev–Trinajstić information content (AvgIpc) is 3.63. The number of carbonyl (C=O) groups is 1. The van der Waals surface area contributed by atoms with Gasteiger partial charge in [-0.05, 0) is 42.5 Å². The first-order valence-corrected chi connectivity index (χ1v) is 14.4. The van der Waals surface area contributed by atoms with Crippen molar-refractivity contribution >= 4 is 28.6 Å². The molecule has 1 aliphatic rings. The molecule has 0 radical (unpaired) electrons. The van der Waals surface area contributed by atoms with Crippen LogP contribution in [-0.4, -0.2) is 50.7 Å². The summed E-state index contributed by atoms with van der Waals surface area (Å²) in [7, 11) is 0. The van der Waals surface area contributed by atoms with Crippen molar-refractivity contribution in [1.82, 2.24) is 39.0 Å². The lowest BCUT2D eigenvalue weighted by Crippen LogP contribution is -2.31. The van der Waals surface area contributed by atoms with Crippen LogP contribution in [0, 0.1) is 0 Å². The molecule has 0 aliphatic carbocycles. The fraction of sp³-hybridized carbons (Fsp3) is 0.0303. The molecular weight excluding hydrogens is 598 g/mol. The maximum Gasteiger partial charge on any atom is 0.332 e. The van der Waals surface area contributed by atoms with Crippen LogP contribution in [0.4, 0.5) is 5.82 Å². The predicted molar refractivity (Wildman–Crippen MR) is 175 cm³/mol. The Morgan fingerprint density at radius 1 is 0.745 bits per heavy atom. The van der Waals surface area contributed by atoms with Crippen molar-refractivity contribution in [3.63, 3.8) is 0 Å². The van der Waals surface area contributed by atoms with Gasteiger partial charge in [-0.1, -0.05) is 42.5 Å². The number of rotatable bonds is 5. The Balaban J connectivity index is 0.000000151. The van der Waals surface area contributed by atoms with Crippen molar-refractivity contribution < 1.29 is 4.79 Å². The highest BCUT2D eigenvalue weighted by Gasteiger charge is 2.30. The van der Waals surface area contributed by atoms with E-state index in [-0.39, 0.29) is 22.8 Å². The van der Waals surface area contributed by atoms with Gasteiger partial charge in [-0.15, -0.1) is 0 Å². The predicted octanol–water partition coefficient (Wildman–Crippen LogP) is 3.13. The fourth-order valence-electron chi connectivity index (χ4n) is 5.15. The van der Waals surface area contributed by atoms with E-state index < -0.39 is 12.1 Å². The first kappa shape index (κ1) is 28.8. The van der Waals surface area contributed by atoms with Gasteiger partial charge in [-0.2, -0.15) is 0 Å². The number of benzene rings is 2. The van der Waals surface area contributed by atoms with E-state index in [0.717, 1.165) is 16.8 Å². The molecule has 230 valence electrons. The number of imidazole rings is 2. The van der Waals surface area contributed by atoms with Gasteiger partial charge in [0.1, 0.15) is 23.2 Å². The molecule has 0 spiro atoms. The maximum atomic E-state index is 12.5. The maximum absolute atomic E-state index is 12.5. The van der Waals surface area contributed by atoms with Crippen LogP contribution >= 0.6 is 0 Å². The van der Waals surface area contributed by atoms with Gasteiger partial charge in [0.2, 0.25) is 0 Å². The minimum Gasteiger partial charge on any atom is -0.364 e. The van der Waals surface area contributed by atoms with Crippen molar-refractivity contribution in [3.8, 4) is 22.8 Å². The second-order valence-electron chi connectivity index (χ2n) is 10.3. The molecule has 0 fully saturated rings. The van der Waals surface area contributed by atoms with Gasteiger partial charge < -0.3 is 21.0 Å². The molecule has 5 N–H and O–H groups in total. The Morgan fingerprint density at radius 3 is 2.04 bits per heavy atom. The normalized spacial score (nSPS) is 13.5. The second kappa shape index (κ2) is 12.2. The third-order valence-electron chi connectivity index (χ3n) is 7.27.